The number of aromatic nitrogens is 4. The molecule has 0 spiro atoms. The third-order valence-corrected chi connectivity index (χ3v) is 7.76. The molecular formula is C25H38N8O3. The van der Waals surface area contributed by atoms with Crippen LogP contribution in [0, 0.1) is 5.92 Å². The molecule has 2 aromatic heterocycles. The van der Waals surface area contributed by atoms with Gasteiger partial charge in [-0.25, -0.2) is 9.97 Å². The number of anilines is 2. The molecule has 0 radical (unpaired) electrons. The molecule has 3 aliphatic heterocycles. The summed E-state index contributed by atoms with van der Waals surface area (Å²) < 4.78 is 11.6. The van der Waals surface area contributed by atoms with Crippen molar-refractivity contribution in [2.75, 3.05) is 42.5 Å². The van der Waals surface area contributed by atoms with Crippen LogP contribution in [0.2, 0.25) is 0 Å². The van der Waals surface area contributed by atoms with Gasteiger partial charge in [-0.3, -0.25) is 4.79 Å². The summed E-state index contributed by atoms with van der Waals surface area (Å²) in [4.78, 5) is 32.2. The zero-order valence-corrected chi connectivity index (χ0v) is 21.5. The number of hydrogen-bond donors (Lipinski definition) is 1. The summed E-state index contributed by atoms with van der Waals surface area (Å²) in [5.74, 6) is 2.93. The molecule has 0 unspecified atom stereocenters. The summed E-state index contributed by atoms with van der Waals surface area (Å²) >= 11 is 0. The van der Waals surface area contributed by atoms with Gasteiger partial charge in [-0.2, -0.15) is 4.98 Å². The van der Waals surface area contributed by atoms with Gasteiger partial charge in [0, 0.05) is 51.1 Å². The fraction of sp³-hybridized carbons (Fsp3) is 0.720. The number of rotatable bonds is 7. The van der Waals surface area contributed by atoms with Crippen LogP contribution in [0.1, 0.15) is 64.6 Å². The predicted octanol–water partition coefficient (Wildman–Crippen LogP) is 2.20. The zero-order valence-electron chi connectivity index (χ0n) is 21.5. The Hall–Kier alpha value is -2.95. The van der Waals surface area contributed by atoms with Crippen LogP contribution in [-0.4, -0.2) is 81.8 Å². The molecule has 3 saturated heterocycles. The summed E-state index contributed by atoms with van der Waals surface area (Å²) in [6.07, 6.45) is 8.08. The van der Waals surface area contributed by atoms with E-state index in [1.165, 1.54) is 0 Å². The first-order valence-electron chi connectivity index (χ1n) is 13.3. The standard InChI is InChI=1S/C25H38N8O3/c1-16(2)24-29-25(36-30-24)31-10-7-18(8-11-31)17(3)35-22-13-27-21(12-28-22)32-14-19(26)20(15-32)33-9-5-4-6-23(33)34/h12-13,16-20H,4-11,14-15,26H2,1-3H3/t17-,19-,20-/m0/s1. The van der Waals surface area contributed by atoms with E-state index in [4.69, 9.17) is 15.0 Å². The summed E-state index contributed by atoms with van der Waals surface area (Å²) in [6.45, 7) is 10.1. The third-order valence-electron chi connectivity index (χ3n) is 7.76. The predicted molar refractivity (Wildman–Crippen MR) is 135 cm³/mol. The molecule has 3 atom stereocenters. The highest BCUT2D eigenvalue weighted by molar-refractivity contribution is 5.77. The Balaban J connectivity index is 1.12. The average molecular weight is 499 g/mol. The van der Waals surface area contributed by atoms with Crippen LogP contribution >= 0.6 is 0 Å². The van der Waals surface area contributed by atoms with E-state index in [2.05, 4.69) is 50.7 Å². The average Bonchev–Trinajstić information content (AvgIpc) is 3.53. The topological polar surface area (TPSA) is 127 Å². The first-order valence-corrected chi connectivity index (χ1v) is 13.3. The van der Waals surface area contributed by atoms with E-state index in [1.807, 2.05) is 4.90 Å². The molecule has 3 fully saturated rings. The van der Waals surface area contributed by atoms with Crippen molar-refractivity contribution in [2.45, 2.75) is 77.0 Å². The van der Waals surface area contributed by atoms with E-state index in [0.29, 0.717) is 37.3 Å². The third kappa shape index (κ3) is 5.25. The van der Waals surface area contributed by atoms with Crippen molar-refractivity contribution in [2.24, 2.45) is 11.7 Å². The zero-order chi connectivity index (χ0) is 25.2. The van der Waals surface area contributed by atoms with Crippen LogP contribution in [-0.2, 0) is 4.79 Å². The van der Waals surface area contributed by atoms with Gasteiger partial charge in [0.05, 0.1) is 18.4 Å². The van der Waals surface area contributed by atoms with Crippen molar-refractivity contribution in [3.8, 4) is 5.88 Å². The van der Waals surface area contributed by atoms with Crippen LogP contribution in [0.15, 0.2) is 16.9 Å². The molecule has 0 aromatic carbocycles. The normalized spacial score (nSPS) is 24.6. The largest absolute Gasteiger partial charge is 0.473 e. The fourth-order valence-electron chi connectivity index (χ4n) is 5.48. The second-order valence-electron chi connectivity index (χ2n) is 10.6. The number of hydrogen-bond acceptors (Lipinski definition) is 10. The molecule has 11 nitrogen and oxygen atoms in total. The second-order valence-corrected chi connectivity index (χ2v) is 10.6. The van der Waals surface area contributed by atoms with Gasteiger partial charge in [0.1, 0.15) is 11.9 Å². The smallest absolute Gasteiger partial charge is 0.324 e. The Bertz CT molecular complexity index is 1020. The molecule has 11 heteroatoms. The maximum absolute atomic E-state index is 12.4. The number of nitrogens with two attached hydrogens (primary N) is 1. The van der Waals surface area contributed by atoms with Gasteiger partial charge >= 0.3 is 6.01 Å². The minimum Gasteiger partial charge on any atom is -0.473 e. The van der Waals surface area contributed by atoms with Gasteiger partial charge in [-0.1, -0.05) is 19.0 Å². The number of piperidine rings is 2. The Morgan fingerprint density at radius 1 is 1.06 bits per heavy atom. The Morgan fingerprint density at radius 3 is 2.53 bits per heavy atom. The molecule has 0 bridgehead atoms. The summed E-state index contributed by atoms with van der Waals surface area (Å²) in [6, 6.07) is 0.561. The SMILES string of the molecule is CC(C)c1noc(N2CCC([C@H](C)Oc3cnc(N4C[C@H](N)[C@@H](N5CCCCC5=O)C4)cn3)CC2)n1. The van der Waals surface area contributed by atoms with E-state index >= 15 is 0 Å². The molecule has 0 saturated carbocycles. The molecule has 2 aromatic rings. The Kier molecular flexibility index (Phi) is 7.27. The lowest BCUT2D eigenvalue weighted by Crippen LogP contribution is -2.51. The number of carbonyl (C=O) groups is 1. The van der Waals surface area contributed by atoms with Crippen LogP contribution in [0.3, 0.4) is 0 Å². The van der Waals surface area contributed by atoms with Gasteiger partial charge in [0.2, 0.25) is 11.8 Å². The van der Waals surface area contributed by atoms with Crippen molar-refractivity contribution in [1.29, 1.82) is 0 Å². The van der Waals surface area contributed by atoms with E-state index in [9.17, 15) is 4.79 Å². The Labute approximate surface area is 212 Å². The molecule has 2 N–H and O–H groups in total. The lowest BCUT2D eigenvalue weighted by molar-refractivity contribution is -0.135. The maximum atomic E-state index is 12.4. The number of likely N-dealkylation sites (tertiary alicyclic amines) is 1. The van der Waals surface area contributed by atoms with Gasteiger partial charge < -0.3 is 29.7 Å². The minimum atomic E-state index is -0.0835. The van der Waals surface area contributed by atoms with Crippen molar-refractivity contribution in [3.63, 3.8) is 0 Å². The summed E-state index contributed by atoms with van der Waals surface area (Å²) in [7, 11) is 0. The van der Waals surface area contributed by atoms with Crippen molar-refractivity contribution >= 4 is 17.7 Å². The maximum Gasteiger partial charge on any atom is 0.324 e. The van der Waals surface area contributed by atoms with E-state index in [0.717, 1.165) is 57.0 Å². The fourth-order valence-corrected chi connectivity index (χ4v) is 5.48. The van der Waals surface area contributed by atoms with Gasteiger partial charge in [-0.05, 0) is 38.5 Å². The molecule has 1 amide bonds. The lowest BCUT2D eigenvalue weighted by Gasteiger charge is -2.34. The van der Waals surface area contributed by atoms with Gasteiger partial charge in [0.25, 0.3) is 0 Å². The highest BCUT2D eigenvalue weighted by atomic mass is 16.5. The first kappa shape index (κ1) is 24.7. The highest BCUT2D eigenvalue weighted by Gasteiger charge is 2.38. The molecule has 5 heterocycles. The number of amides is 1. The van der Waals surface area contributed by atoms with Crippen LogP contribution in [0.25, 0.3) is 0 Å². The van der Waals surface area contributed by atoms with Crippen molar-refractivity contribution < 1.29 is 14.1 Å². The Morgan fingerprint density at radius 2 is 1.86 bits per heavy atom. The minimum absolute atomic E-state index is 0.0240. The first-order chi connectivity index (χ1) is 17.4. The molecule has 36 heavy (non-hydrogen) atoms. The summed E-state index contributed by atoms with van der Waals surface area (Å²) in [5.41, 5.74) is 6.41. The molecule has 3 aliphatic rings. The quantitative estimate of drug-likeness (QED) is 0.607. The molecule has 5 rings (SSSR count). The number of ether oxygens (including phenoxy) is 1. The lowest BCUT2D eigenvalue weighted by atomic mass is 9.92. The number of carbonyl (C=O) groups excluding carboxylic acids is 1. The van der Waals surface area contributed by atoms with Gasteiger partial charge in [-0.15, -0.1) is 0 Å². The molecule has 196 valence electrons. The highest BCUT2D eigenvalue weighted by Crippen LogP contribution is 2.28. The van der Waals surface area contributed by atoms with Gasteiger partial charge in [0.15, 0.2) is 5.82 Å². The summed E-state index contributed by atoms with van der Waals surface area (Å²) in [5, 5.41) is 4.08. The van der Waals surface area contributed by atoms with Crippen LogP contribution in [0.5, 0.6) is 5.88 Å². The molecular weight excluding hydrogens is 460 g/mol. The monoisotopic (exact) mass is 498 g/mol. The van der Waals surface area contributed by atoms with Crippen LogP contribution in [0.4, 0.5) is 11.8 Å². The second kappa shape index (κ2) is 10.6. The molecule has 0 aliphatic carbocycles. The van der Waals surface area contributed by atoms with E-state index in [1.54, 1.807) is 12.4 Å². The van der Waals surface area contributed by atoms with E-state index < -0.39 is 0 Å². The van der Waals surface area contributed by atoms with Crippen molar-refractivity contribution in [1.82, 2.24) is 25.0 Å². The van der Waals surface area contributed by atoms with E-state index in [-0.39, 0.29) is 30.0 Å². The number of nitrogens with zero attached hydrogens (tertiary/aromatic N) is 7. The van der Waals surface area contributed by atoms with Crippen LogP contribution < -0.4 is 20.3 Å². The van der Waals surface area contributed by atoms with Crippen molar-refractivity contribution in [3.05, 3.63) is 18.2 Å².